The van der Waals surface area contributed by atoms with E-state index >= 15 is 0 Å². The number of ether oxygens (including phenoxy) is 1. The molecule has 0 atom stereocenters. The van der Waals surface area contributed by atoms with Gasteiger partial charge in [-0.25, -0.2) is 13.2 Å². The maximum atomic E-state index is 12.6. The molecule has 10 heteroatoms. The topological polar surface area (TPSA) is 107 Å². The highest BCUT2D eigenvalue weighted by molar-refractivity contribution is 7.89. The van der Waals surface area contributed by atoms with Gasteiger partial charge in [0.15, 0.2) is 0 Å². The Hall–Kier alpha value is -2.49. The summed E-state index contributed by atoms with van der Waals surface area (Å²) < 4.78 is 31.8. The molecule has 0 radical (unpaired) electrons. The molecule has 2 aromatic rings. The van der Waals surface area contributed by atoms with Crippen LogP contribution in [-0.4, -0.2) is 36.7 Å². The van der Waals surface area contributed by atoms with Crippen LogP contribution in [0.2, 0.25) is 5.02 Å². The fraction of sp³-hybridized carbons (Fsp3) is 0.235. The van der Waals surface area contributed by atoms with Gasteiger partial charge in [0.05, 0.1) is 20.4 Å². The second kappa shape index (κ2) is 7.63. The van der Waals surface area contributed by atoms with Gasteiger partial charge in [0.2, 0.25) is 10.0 Å². The summed E-state index contributed by atoms with van der Waals surface area (Å²) in [6.07, 6.45) is 1.61. The number of esters is 1. The zero-order valence-corrected chi connectivity index (χ0v) is 15.6. The Morgan fingerprint density at radius 2 is 1.85 bits per heavy atom. The molecule has 0 bridgehead atoms. The maximum absolute atomic E-state index is 12.6. The predicted octanol–water partition coefficient (Wildman–Crippen LogP) is 3.25. The molecule has 142 valence electrons. The molecule has 1 heterocycles. The molecule has 2 aromatic carbocycles. The first-order valence-electron chi connectivity index (χ1n) is 8.05. The highest BCUT2D eigenvalue weighted by Gasteiger charge is 2.28. The number of nitrogens with zero attached hydrogens (tertiary/aromatic N) is 2. The molecule has 1 fully saturated rings. The first kappa shape index (κ1) is 19.3. The molecule has 27 heavy (non-hydrogen) atoms. The van der Waals surface area contributed by atoms with Crippen molar-refractivity contribution in [2.24, 2.45) is 0 Å². The van der Waals surface area contributed by atoms with Crippen LogP contribution in [-0.2, 0) is 10.0 Å². The number of hydrogen-bond acceptors (Lipinski definition) is 6. The summed E-state index contributed by atoms with van der Waals surface area (Å²) in [5, 5.41) is 10.6. The minimum Gasteiger partial charge on any atom is -0.421 e. The second-order valence-corrected chi connectivity index (χ2v) is 8.25. The van der Waals surface area contributed by atoms with Crippen molar-refractivity contribution in [3.05, 3.63) is 63.2 Å². The van der Waals surface area contributed by atoms with Crippen molar-refractivity contribution in [1.29, 1.82) is 0 Å². The summed E-state index contributed by atoms with van der Waals surface area (Å²) in [4.78, 5) is 22.5. The Morgan fingerprint density at radius 1 is 1.15 bits per heavy atom. The third-order valence-corrected chi connectivity index (χ3v) is 6.29. The molecular formula is C17H15ClN2O6S. The monoisotopic (exact) mass is 410 g/mol. The molecule has 1 aliphatic heterocycles. The van der Waals surface area contributed by atoms with Gasteiger partial charge in [-0.05, 0) is 37.1 Å². The van der Waals surface area contributed by atoms with Gasteiger partial charge < -0.3 is 4.74 Å². The first-order chi connectivity index (χ1) is 12.8. The largest absolute Gasteiger partial charge is 0.421 e. The van der Waals surface area contributed by atoms with Crippen LogP contribution in [0, 0.1) is 10.1 Å². The Kier molecular flexibility index (Phi) is 5.45. The smallest absolute Gasteiger partial charge is 0.343 e. The summed E-state index contributed by atoms with van der Waals surface area (Å²) in [5.41, 5.74) is -0.205. The number of rotatable bonds is 5. The highest BCUT2D eigenvalue weighted by Crippen LogP contribution is 2.29. The summed E-state index contributed by atoms with van der Waals surface area (Å²) in [6.45, 7) is 0.908. The molecule has 1 saturated heterocycles. The van der Waals surface area contributed by atoms with Gasteiger partial charge in [0.1, 0.15) is 5.75 Å². The summed E-state index contributed by atoms with van der Waals surface area (Å²) in [6, 6.07) is 8.98. The van der Waals surface area contributed by atoms with E-state index in [-0.39, 0.29) is 26.9 Å². The number of carbonyl (C=O) groups is 1. The van der Waals surface area contributed by atoms with Crippen molar-refractivity contribution in [2.75, 3.05) is 13.1 Å². The molecule has 8 nitrogen and oxygen atoms in total. The van der Waals surface area contributed by atoms with Crippen LogP contribution in [0.5, 0.6) is 5.75 Å². The van der Waals surface area contributed by atoms with Crippen LogP contribution in [0.25, 0.3) is 0 Å². The third kappa shape index (κ3) is 4.10. The number of non-ortho nitro benzene ring substituents is 1. The van der Waals surface area contributed by atoms with Crippen molar-refractivity contribution in [1.82, 2.24) is 4.31 Å². The van der Waals surface area contributed by atoms with E-state index in [0.29, 0.717) is 13.1 Å². The quantitative estimate of drug-likeness (QED) is 0.324. The maximum Gasteiger partial charge on any atom is 0.343 e. The molecule has 3 rings (SSSR count). The van der Waals surface area contributed by atoms with E-state index in [1.54, 1.807) is 0 Å². The van der Waals surface area contributed by atoms with E-state index in [2.05, 4.69) is 0 Å². The lowest BCUT2D eigenvalue weighted by molar-refractivity contribution is -0.384. The van der Waals surface area contributed by atoms with Crippen LogP contribution in [0.3, 0.4) is 0 Å². The van der Waals surface area contributed by atoms with Crippen molar-refractivity contribution in [3.63, 3.8) is 0 Å². The fourth-order valence-corrected chi connectivity index (χ4v) is 4.48. The number of nitro groups is 1. The van der Waals surface area contributed by atoms with Gasteiger partial charge in [0.25, 0.3) is 5.69 Å². The second-order valence-electron chi connectivity index (χ2n) is 5.90. The molecule has 0 N–H and O–H groups in total. The first-order valence-corrected chi connectivity index (χ1v) is 9.87. The number of hydrogen-bond donors (Lipinski definition) is 0. The molecular weight excluding hydrogens is 396 g/mol. The predicted molar refractivity (Wildman–Crippen MR) is 97.5 cm³/mol. The highest BCUT2D eigenvalue weighted by atomic mass is 35.5. The number of carbonyl (C=O) groups excluding carboxylic acids is 1. The number of sulfonamides is 1. The van der Waals surface area contributed by atoms with Crippen molar-refractivity contribution in [3.8, 4) is 5.75 Å². The minimum absolute atomic E-state index is 0.00801. The van der Waals surface area contributed by atoms with Gasteiger partial charge >= 0.3 is 5.97 Å². The Balaban J connectivity index is 1.83. The number of halogens is 1. The van der Waals surface area contributed by atoms with E-state index in [1.165, 1.54) is 34.6 Å². The Labute approximate surface area is 160 Å². The molecule has 0 saturated carbocycles. The summed E-state index contributed by atoms with van der Waals surface area (Å²) in [5.74, 6) is -0.871. The van der Waals surface area contributed by atoms with Gasteiger partial charge in [0, 0.05) is 25.2 Å². The van der Waals surface area contributed by atoms with Crippen molar-refractivity contribution < 1.29 is 22.9 Å². The Morgan fingerprint density at radius 3 is 2.48 bits per heavy atom. The van der Waals surface area contributed by atoms with E-state index < -0.39 is 20.9 Å². The third-order valence-electron chi connectivity index (χ3n) is 4.10. The minimum atomic E-state index is -3.67. The lowest BCUT2D eigenvalue weighted by Gasteiger charge is -2.15. The van der Waals surface area contributed by atoms with E-state index in [4.69, 9.17) is 16.3 Å². The van der Waals surface area contributed by atoms with Crippen LogP contribution in [0.4, 0.5) is 5.69 Å². The van der Waals surface area contributed by atoms with E-state index in [1.807, 2.05) is 0 Å². The SMILES string of the molecule is O=C(Oc1ccc([N+](=O)[O-])cc1Cl)c1cccc(S(=O)(=O)N2CCCC2)c1. The fourth-order valence-electron chi connectivity index (χ4n) is 2.71. The van der Waals surface area contributed by atoms with E-state index in [9.17, 15) is 23.3 Å². The molecule has 0 aromatic heterocycles. The molecule has 1 aliphatic rings. The van der Waals surface area contributed by atoms with Crippen molar-refractivity contribution >= 4 is 33.3 Å². The molecule has 0 spiro atoms. The number of nitro benzene ring substituents is 1. The zero-order valence-electron chi connectivity index (χ0n) is 14.0. The lowest BCUT2D eigenvalue weighted by Crippen LogP contribution is -2.28. The lowest BCUT2D eigenvalue weighted by atomic mass is 10.2. The normalized spacial score (nSPS) is 14.9. The van der Waals surface area contributed by atoms with Crippen molar-refractivity contribution in [2.45, 2.75) is 17.7 Å². The summed E-state index contributed by atoms with van der Waals surface area (Å²) in [7, 11) is -3.67. The molecule has 0 amide bonds. The van der Waals surface area contributed by atoms with Crippen LogP contribution in [0.15, 0.2) is 47.4 Å². The average Bonchev–Trinajstić information content (AvgIpc) is 3.19. The summed E-state index contributed by atoms with van der Waals surface area (Å²) >= 11 is 5.91. The van der Waals surface area contributed by atoms with Crippen LogP contribution < -0.4 is 4.74 Å². The molecule has 0 aliphatic carbocycles. The van der Waals surface area contributed by atoms with Gasteiger partial charge in [-0.1, -0.05) is 17.7 Å². The molecule has 0 unspecified atom stereocenters. The van der Waals surface area contributed by atoms with Crippen LogP contribution >= 0.6 is 11.6 Å². The van der Waals surface area contributed by atoms with Gasteiger partial charge in [-0.2, -0.15) is 4.31 Å². The average molecular weight is 411 g/mol. The van der Waals surface area contributed by atoms with Gasteiger partial charge in [-0.15, -0.1) is 0 Å². The Bertz CT molecular complexity index is 1000. The van der Waals surface area contributed by atoms with Crippen LogP contribution in [0.1, 0.15) is 23.2 Å². The van der Waals surface area contributed by atoms with Gasteiger partial charge in [-0.3, -0.25) is 10.1 Å². The standard InChI is InChI=1S/C17H15ClN2O6S/c18-15-11-13(20(22)23)6-7-16(15)26-17(21)12-4-3-5-14(10-12)27(24,25)19-8-1-2-9-19/h3-7,10-11H,1-2,8-9H2. The van der Waals surface area contributed by atoms with E-state index in [0.717, 1.165) is 25.0 Å². The number of benzene rings is 2. The zero-order chi connectivity index (χ0) is 19.6.